The molecule has 3 amide bonds. The summed E-state index contributed by atoms with van der Waals surface area (Å²) in [6.45, 7) is 2.81. The van der Waals surface area contributed by atoms with Gasteiger partial charge in [-0.15, -0.1) is 0 Å². The molecule has 1 N–H and O–H groups in total. The Labute approximate surface area is 213 Å². The lowest BCUT2D eigenvalue weighted by Crippen LogP contribution is -2.52. The second kappa shape index (κ2) is 9.30. The number of hydrogen-bond acceptors (Lipinski definition) is 7. The summed E-state index contributed by atoms with van der Waals surface area (Å²) < 4.78 is 6.28. The van der Waals surface area contributed by atoms with E-state index in [0.717, 1.165) is 48.1 Å². The number of nitrogens with zero attached hydrogens (tertiary/aromatic N) is 4. The van der Waals surface area contributed by atoms with Gasteiger partial charge in [0.15, 0.2) is 0 Å². The predicted molar refractivity (Wildman–Crippen MR) is 133 cm³/mol. The minimum absolute atomic E-state index is 0.0358. The molecule has 1 aromatic heterocycles. The topological polar surface area (TPSA) is 116 Å². The van der Waals surface area contributed by atoms with Crippen LogP contribution in [-0.4, -0.2) is 57.7 Å². The highest BCUT2D eigenvalue weighted by atomic mass is 16.5. The zero-order valence-electron chi connectivity index (χ0n) is 20.1. The number of piperidine rings is 1. The summed E-state index contributed by atoms with van der Waals surface area (Å²) in [5.74, 6) is -0.175. The molecule has 2 saturated heterocycles. The molecule has 37 heavy (non-hydrogen) atoms. The van der Waals surface area contributed by atoms with E-state index in [1.165, 1.54) is 0 Å². The fourth-order valence-corrected chi connectivity index (χ4v) is 5.45. The maximum atomic E-state index is 12.9. The number of ether oxygens (including phenoxy) is 1. The van der Waals surface area contributed by atoms with E-state index >= 15 is 0 Å². The number of benzene rings is 2. The van der Waals surface area contributed by atoms with Crippen LogP contribution in [0.1, 0.15) is 46.3 Å². The zero-order chi connectivity index (χ0) is 25.5. The number of imide groups is 1. The average molecular weight is 496 g/mol. The predicted octanol–water partition coefficient (Wildman–Crippen LogP) is 2.52. The van der Waals surface area contributed by atoms with Crippen LogP contribution in [-0.2, 0) is 22.7 Å². The summed E-state index contributed by atoms with van der Waals surface area (Å²) in [6, 6.07) is 15.0. The molecular weight excluding hydrogens is 470 g/mol. The Morgan fingerprint density at radius 1 is 1.11 bits per heavy atom. The number of fused-ring (bicyclic) bond motifs is 2. The maximum absolute atomic E-state index is 12.9. The smallest absolute Gasteiger partial charge is 0.255 e. The number of hydrogen-bond donors (Lipinski definition) is 1. The number of nitrogens with one attached hydrogen (secondary N) is 1. The lowest BCUT2D eigenvalue weighted by Gasteiger charge is -2.29. The van der Waals surface area contributed by atoms with Crippen molar-refractivity contribution in [1.82, 2.24) is 20.1 Å². The van der Waals surface area contributed by atoms with Crippen LogP contribution in [0.3, 0.4) is 0 Å². The number of carbonyl (C=O) groups is 3. The molecule has 0 aliphatic carbocycles. The van der Waals surface area contributed by atoms with E-state index in [2.05, 4.69) is 33.4 Å². The largest absolute Gasteiger partial charge is 0.489 e. The summed E-state index contributed by atoms with van der Waals surface area (Å²) in [5, 5.41) is 12.4. The van der Waals surface area contributed by atoms with E-state index in [1.54, 1.807) is 17.2 Å². The van der Waals surface area contributed by atoms with Crippen molar-refractivity contribution in [2.45, 2.75) is 44.5 Å². The van der Waals surface area contributed by atoms with Crippen molar-refractivity contribution in [3.05, 3.63) is 70.9 Å². The van der Waals surface area contributed by atoms with Crippen LogP contribution in [0.15, 0.2) is 48.7 Å². The first kappa shape index (κ1) is 23.1. The Bertz CT molecular complexity index is 1480. The minimum atomic E-state index is -0.622. The Morgan fingerprint density at radius 2 is 2.00 bits per heavy atom. The SMILES string of the molecule is N#Cc1cnc2ccc(CN3CC[C@H](Oc4ccc5c(c4)CN(C4CCC(=O)NC4=O)C5=O)C3)cc2c1. The number of aromatic nitrogens is 1. The Kier molecular flexibility index (Phi) is 5.81. The van der Waals surface area contributed by atoms with Crippen LogP contribution < -0.4 is 10.1 Å². The molecule has 0 radical (unpaired) electrons. The Hall–Kier alpha value is -4.29. The lowest BCUT2D eigenvalue weighted by atomic mass is 10.0. The van der Waals surface area contributed by atoms with Gasteiger partial charge in [0.25, 0.3) is 5.91 Å². The third kappa shape index (κ3) is 4.52. The highest BCUT2D eigenvalue weighted by Crippen LogP contribution is 2.31. The van der Waals surface area contributed by atoms with Gasteiger partial charge >= 0.3 is 0 Å². The molecule has 0 bridgehead atoms. The molecule has 3 aliphatic rings. The summed E-state index contributed by atoms with van der Waals surface area (Å²) in [7, 11) is 0. The van der Waals surface area contributed by atoms with Gasteiger partial charge in [0.05, 0.1) is 11.1 Å². The lowest BCUT2D eigenvalue weighted by molar-refractivity contribution is -0.136. The quantitative estimate of drug-likeness (QED) is 0.541. The molecule has 3 aromatic rings. The van der Waals surface area contributed by atoms with Gasteiger partial charge in [-0.1, -0.05) is 6.07 Å². The Balaban J connectivity index is 1.08. The molecule has 2 fully saturated rings. The molecule has 2 aromatic carbocycles. The van der Waals surface area contributed by atoms with Crippen LogP contribution in [0.2, 0.25) is 0 Å². The molecule has 186 valence electrons. The number of carbonyl (C=O) groups excluding carboxylic acids is 3. The fourth-order valence-electron chi connectivity index (χ4n) is 5.45. The second-order valence-corrected chi connectivity index (χ2v) is 9.85. The van der Waals surface area contributed by atoms with E-state index in [-0.39, 0.29) is 24.3 Å². The first-order valence-electron chi connectivity index (χ1n) is 12.4. The molecule has 0 saturated carbocycles. The van der Waals surface area contributed by atoms with Crippen molar-refractivity contribution < 1.29 is 19.1 Å². The van der Waals surface area contributed by atoms with Crippen LogP contribution in [0.4, 0.5) is 0 Å². The van der Waals surface area contributed by atoms with E-state index in [4.69, 9.17) is 10.00 Å². The number of pyridine rings is 1. The van der Waals surface area contributed by atoms with Crippen molar-refractivity contribution >= 4 is 28.6 Å². The molecule has 6 rings (SSSR count). The van der Waals surface area contributed by atoms with Crippen LogP contribution in [0.5, 0.6) is 5.75 Å². The van der Waals surface area contributed by atoms with Crippen molar-refractivity contribution in [1.29, 1.82) is 5.26 Å². The summed E-state index contributed by atoms with van der Waals surface area (Å²) in [6.07, 6.45) is 3.10. The minimum Gasteiger partial charge on any atom is -0.489 e. The van der Waals surface area contributed by atoms with Crippen LogP contribution >= 0.6 is 0 Å². The third-order valence-corrected chi connectivity index (χ3v) is 7.31. The molecule has 1 unspecified atom stereocenters. The van der Waals surface area contributed by atoms with Crippen LogP contribution in [0.25, 0.3) is 10.9 Å². The highest BCUT2D eigenvalue weighted by Gasteiger charge is 2.39. The van der Waals surface area contributed by atoms with Gasteiger partial charge in [0, 0.05) is 49.7 Å². The molecule has 9 nitrogen and oxygen atoms in total. The number of likely N-dealkylation sites (tertiary alicyclic amines) is 1. The van der Waals surface area contributed by atoms with E-state index < -0.39 is 11.9 Å². The Morgan fingerprint density at radius 3 is 2.84 bits per heavy atom. The second-order valence-electron chi connectivity index (χ2n) is 9.85. The van der Waals surface area contributed by atoms with Crippen molar-refractivity contribution in [2.24, 2.45) is 0 Å². The molecular formula is C28H25N5O4. The fraction of sp³-hybridized carbons (Fsp3) is 0.321. The number of amides is 3. The molecule has 4 heterocycles. The van der Waals surface area contributed by atoms with Gasteiger partial charge in [0.2, 0.25) is 11.8 Å². The van der Waals surface area contributed by atoms with Gasteiger partial charge < -0.3 is 9.64 Å². The first-order valence-corrected chi connectivity index (χ1v) is 12.4. The van der Waals surface area contributed by atoms with Gasteiger partial charge in [-0.3, -0.25) is 29.6 Å². The van der Waals surface area contributed by atoms with Crippen molar-refractivity contribution in [3.63, 3.8) is 0 Å². The standard InChI is InChI=1S/C28H25N5O4/c29-12-18-10-19-9-17(1-4-24(19)30-13-18)14-32-8-7-22(16-32)37-21-2-3-23-20(11-21)15-33(28(23)36)25-5-6-26(34)31-27(25)35/h1-4,9-11,13,22,25H,5-8,14-16H2,(H,31,34,35)/t22-,25?/m0/s1. The maximum Gasteiger partial charge on any atom is 0.255 e. The third-order valence-electron chi connectivity index (χ3n) is 7.31. The van der Waals surface area contributed by atoms with E-state index in [0.29, 0.717) is 29.8 Å². The van der Waals surface area contributed by atoms with E-state index in [9.17, 15) is 14.4 Å². The molecule has 0 spiro atoms. The van der Waals surface area contributed by atoms with Gasteiger partial charge in [-0.05, 0) is 60.4 Å². The number of nitriles is 1. The van der Waals surface area contributed by atoms with Gasteiger partial charge in [-0.25, -0.2) is 0 Å². The van der Waals surface area contributed by atoms with Gasteiger partial charge in [-0.2, -0.15) is 5.26 Å². The average Bonchev–Trinajstić information content (AvgIpc) is 3.46. The highest BCUT2D eigenvalue weighted by molar-refractivity contribution is 6.05. The monoisotopic (exact) mass is 495 g/mol. The zero-order valence-corrected chi connectivity index (χ0v) is 20.1. The summed E-state index contributed by atoms with van der Waals surface area (Å²) in [4.78, 5) is 44.9. The summed E-state index contributed by atoms with van der Waals surface area (Å²) >= 11 is 0. The summed E-state index contributed by atoms with van der Waals surface area (Å²) in [5.41, 5.74) is 4.00. The van der Waals surface area contributed by atoms with Crippen molar-refractivity contribution in [3.8, 4) is 11.8 Å². The molecule has 2 atom stereocenters. The van der Waals surface area contributed by atoms with Crippen molar-refractivity contribution in [2.75, 3.05) is 13.1 Å². The normalized spacial score (nSPS) is 21.7. The van der Waals surface area contributed by atoms with Gasteiger partial charge in [0.1, 0.15) is 24.0 Å². The number of rotatable bonds is 5. The first-order chi connectivity index (χ1) is 18.0. The molecule has 3 aliphatic heterocycles. The van der Waals surface area contributed by atoms with E-state index in [1.807, 2.05) is 24.3 Å². The molecule has 9 heteroatoms. The van der Waals surface area contributed by atoms with Crippen LogP contribution in [0, 0.1) is 11.3 Å².